The van der Waals surface area contributed by atoms with Crippen LogP contribution in [0, 0.1) is 0 Å². The van der Waals surface area contributed by atoms with Gasteiger partial charge in [0.05, 0.1) is 7.11 Å². The molecule has 0 radical (unpaired) electrons. The highest BCUT2D eigenvalue weighted by molar-refractivity contribution is 4.80. The van der Waals surface area contributed by atoms with Crippen LogP contribution in [-0.4, -0.2) is 19.2 Å². The molecule has 1 saturated carbocycles. The van der Waals surface area contributed by atoms with Crippen molar-refractivity contribution in [3.8, 4) is 0 Å². The average Bonchev–Trinajstić information content (AvgIpc) is 1.94. The van der Waals surface area contributed by atoms with Crippen molar-refractivity contribution in [3.63, 3.8) is 0 Å². The Bertz CT molecular complexity index is 95.6. The van der Waals surface area contributed by atoms with Gasteiger partial charge in [0, 0.05) is 12.1 Å². The third kappa shape index (κ3) is 1.94. The van der Waals surface area contributed by atoms with Crippen molar-refractivity contribution in [2.45, 2.75) is 37.8 Å². The second-order valence-electron chi connectivity index (χ2n) is 2.88. The monoisotopic (exact) mass is 144 g/mol. The van der Waals surface area contributed by atoms with Crippen molar-refractivity contribution in [1.29, 1.82) is 0 Å². The van der Waals surface area contributed by atoms with Crippen LogP contribution in [0.15, 0.2) is 0 Å². The van der Waals surface area contributed by atoms with Gasteiger partial charge in [-0.15, -0.1) is 0 Å². The number of hydrogen-bond acceptors (Lipinski definition) is 3. The van der Waals surface area contributed by atoms with Gasteiger partial charge in [0.15, 0.2) is 0 Å². The topological polar surface area (TPSA) is 47.3 Å². The second-order valence-corrected chi connectivity index (χ2v) is 2.88. The van der Waals surface area contributed by atoms with Crippen molar-refractivity contribution >= 4 is 0 Å². The maximum Gasteiger partial charge on any atom is 0.0572 e. The van der Waals surface area contributed by atoms with Crippen LogP contribution < -0.4 is 11.2 Å². The van der Waals surface area contributed by atoms with E-state index in [-0.39, 0.29) is 6.04 Å². The highest BCUT2D eigenvalue weighted by Gasteiger charge is 2.20. The van der Waals surface area contributed by atoms with Gasteiger partial charge in [-0.1, -0.05) is 12.8 Å². The quantitative estimate of drug-likeness (QED) is 0.552. The Balaban J connectivity index is 2.25. The van der Waals surface area contributed by atoms with Crippen molar-refractivity contribution < 1.29 is 4.84 Å². The highest BCUT2D eigenvalue weighted by Crippen LogP contribution is 2.16. The van der Waals surface area contributed by atoms with Crippen molar-refractivity contribution in [1.82, 2.24) is 5.48 Å². The highest BCUT2D eigenvalue weighted by atomic mass is 16.6. The fourth-order valence-electron chi connectivity index (χ4n) is 1.46. The molecule has 0 heterocycles. The molecular weight excluding hydrogens is 128 g/mol. The first kappa shape index (κ1) is 7.98. The van der Waals surface area contributed by atoms with Crippen LogP contribution in [0.1, 0.15) is 25.7 Å². The average molecular weight is 144 g/mol. The van der Waals surface area contributed by atoms with E-state index in [9.17, 15) is 0 Å². The molecule has 3 heteroatoms. The number of hydrogen-bond donors (Lipinski definition) is 2. The molecule has 0 saturated heterocycles. The zero-order chi connectivity index (χ0) is 7.40. The number of rotatable bonds is 2. The van der Waals surface area contributed by atoms with E-state index in [1.54, 1.807) is 7.11 Å². The minimum atomic E-state index is 0.286. The number of hydroxylamine groups is 1. The van der Waals surface area contributed by atoms with E-state index in [0.717, 1.165) is 12.8 Å². The van der Waals surface area contributed by atoms with E-state index < -0.39 is 0 Å². The molecule has 1 fully saturated rings. The molecule has 0 spiro atoms. The molecule has 2 unspecified atom stereocenters. The van der Waals surface area contributed by atoms with E-state index in [1.807, 2.05) is 0 Å². The van der Waals surface area contributed by atoms with Gasteiger partial charge in [0.2, 0.25) is 0 Å². The third-order valence-corrected chi connectivity index (χ3v) is 2.09. The lowest BCUT2D eigenvalue weighted by atomic mass is 9.92. The summed E-state index contributed by atoms with van der Waals surface area (Å²) in [6, 6.07) is 0.660. The van der Waals surface area contributed by atoms with Gasteiger partial charge >= 0.3 is 0 Å². The fraction of sp³-hybridized carbons (Fsp3) is 1.00. The van der Waals surface area contributed by atoms with E-state index >= 15 is 0 Å². The number of nitrogens with two attached hydrogens (primary N) is 1. The number of nitrogens with one attached hydrogen (secondary N) is 1. The Morgan fingerprint density at radius 2 is 2.10 bits per heavy atom. The molecule has 1 aliphatic carbocycles. The van der Waals surface area contributed by atoms with Crippen LogP contribution in [0.5, 0.6) is 0 Å². The van der Waals surface area contributed by atoms with Gasteiger partial charge in [0.25, 0.3) is 0 Å². The predicted octanol–water partition coefficient (Wildman–Crippen LogP) is 0.407. The van der Waals surface area contributed by atoms with Crippen LogP contribution in [-0.2, 0) is 4.84 Å². The van der Waals surface area contributed by atoms with Crippen LogP contribution in [0.4, 0.5) is 0 Å². The molecule has 0 aromatic rings. The summed E-state index contributed by atoms with van der Waals surface area (Å²) in [6.07, 6.45) is 4.81. The first-order valence-electron chi connectivity index (χ1n) is 3.88. The summed E-state index contributed by atoms with van der Waals surface area (Å²) in [6.45, 7) is 0. The van der Waals surface area contributed by atoms with Crippen molar-refractivity contribution in [2.24, 2.45) is 5.73 Å². The predicted molar refractivity (Wildman–Crippen MR) is 40.4 cm³/mol. The van der Waals surface area contributed by atoms with Crippen LogP contribution in [0.3, 0.4) is 0 Å². The Morgan fingerprint density at radius 3 is 2.70 bits per heavy atom. The van der Waals surface area contributed by atoms with Gasteiger partial charge in [-0.25, -0.2) is 0 Å². The molecule has 0 aromatic heterocycles. The molecule has 3 N–H and O–H groups in total. The zero-order valence-corrected chi connectivity index (χ0v) is 6.47. The Morgan fingerprint density at radius 1 is 1.40 bits per heavy atom. The van der Waals surface area contributed by atoms with Gasteiger partial charge < -0.3 is 10.6 Å². The Kier molecular flexibility index (Phi) is 3.12. The van der Waals surface area contributed by atoms with Gasteiger partial charge in [-0.2, -0.15) is 5.48 Å². The van der Waals surface area contributed by atoms with Crippen molar-refractivity contribution in [2.75, 3.05) is 7.11 Å². The zero-order valence-electron chi connectivity index (χ0n) is 6.47. The molecule has 10 heavy (non-hydrogen) atoms. The minimum Gasteiger partial charge on any atom is -0.326 e. The molecule has 0 bridgehead atoms. The molecule has 0 amide bonds. The Labute approximate surface area is 61.9 Å². The van der Waals surface area contributed by atoms with E-state index in [4.69, 9.17) is 10.6 Å². The molecule has 1 aliphatic rings. The lowest BCUT2D eigenvalue weighted by molar-refractivity contribution is 0.0421. The van der Waals surface area contributed by atoms with E-state index in [1.165, 1.54) is 12.8 Å². The maximum absolute atomic E-state index is 5.82. The summed E-state index contributed by atoms with van der Waals surface area (Å²) in [5, 5.41) is 0. The standard InChI is InChI=1S/C7H16N2O/c1-10-9-7-5-3-2-4-6(7)8/h6-7,9H,2-5,8H2,1H3. The molecule has 2 atom stereocenters. The fourth-order valence-corrected chi connectivity index (χ4v) is 1.46. The summed E-state index contributed by atoms with van der Waals surface area (Å²) in [4.78, 5) is 4.82. The van der Waals surface area contributed by atoms with Crippen LogP contribution >= 0.6 is 0 Å². The summed E-state index contributed by atoms with van der Waals surface area (Å²) >= 11 is 0. The molecule has 0 aliphatic heterocycles. The van der Waals surface area contributed by atoms with Gasteiger partial charge in [0.1, 0.15) is 0 Å². The lowest BCUT2D eigenvalue weighted by Gasteiger charge is -2.28. The first-order valence-corrected chi connectivity index (χ1v) is 3.88. The summed E-state index contributed by atoms with van der Waals surface area (Å²) in [5.74, 6) is 0. The van der Waals surface area contributed by atoms with Crippen LogP contribution in [0.2, 0.25) is 0 Å². The molecule has 1 rings (SSSR count). The van der Waals surface area contributed by atoms with E-state index in [0.29, 0.717) is 6.04 Å². The van der Waals surface area contributed by atoms with Gasteiger partial charge in [-0.05, 0) is 12.8 Å². The summed E-state index contributed by atoms with van der Waals surface area (Å²) in [7, 11) is 1.64. The molecular formula is C7H16N2O. The van der Waals surface area contributed by atoms with Crippen LogP contribution in [0.25, 0.3) is 0 Å². The van der Waals surface area contributed by atoms with E-state index in [2.05, 4.69) is 5.48 Å². The second kappa shape index (κ2) is 3.91. The van der Waals surface area contributed by atoms with Crippen molar-refractivity contribution in [3.05, 3.63) is 0 Å². The summed E-state index contributed by atoms with van der Waals surface area (Å²) in [5.41, 5.74) is 8.73. The van der Waals surface area contributed by atoms with Gasteiger partial charge in [-0.3, -0.25) is 0 Å². The third-order valence-electron chi connectivity index (χ3n) is 2.09. The minimum absolute atomic E-state index is 0.286. The molecule has 60 valence electrons. The summed E-state index contributed by atoms with van der Waals surface area (Å²) < 4.78 is 0. The first-order chi connectivity index (χ1) is 4.84. The Hall–Kier alpha value is -0.120. The molecule has 0 aromatic carbocycles. The lowest BCUT2D eigenvalue weighted by Crippen LogP contribution is -2.46. The largest absolute Gasteiger partial charge is 0.326 e. The smallest absolute Gasteiger partial charge is 0.0572 e. The normalized spacial score (nSPS) is 34.2. The molecule has 3 nitrogen and oxygen atoms in total. The maximum atomic E-state index is 5.82. The SMILES string of the molecule is CONC1CCCCC1N.